The van der Waals surface area contributed by atoms with E-state index < -0.39 is 0 Å². The first-order valence-electron chi connectivity index (χ1n) is 6.10. The highest BCUT2D eigenvalue weighted by atomic mass is 16.5. The molecule has 0 saturated heterocycles. The summed E-state index contributed by atoms with van der Waals surface area (Å²) in [5.41, 5.74) is 6.65. The maximum absolute atomic E-state index is 5.71. The average molecular weight is 245 g/mol. The highest BCUT2D eigenvalue weighted by Crippen LogP contribution is 2.31. The van der Waals surface area contributed by atoms with Crippen molar-refractivity contribution in [1.82, 2.24) is 10.2 Å². The molecule has 1 aliphatic heterocycles. The Morgan fingerprint density at radius 1 is 1.28 bits per heavy atom. The fourth-order valence-electron chi connectivity index (χ4n) is 2.14. The molecule has 0 amide bonds. The van der Waals surface area contributed by atoms with E-state index in [4.69, 9.17) is 14.9 Å². The van der Waals surface area contributed by atoms with Crippen LogP contribution in [0.5, 0.6) is 5.75 Å². The summed E-state index contributed by atoms with van der Waals surface area (Å²) in [5, 5.41) is 8.06. The topological polar surface area (TPSA) is 74.2 Å². The maximum atomic E-state index is 5.71. The molecule has 1 aromatic heterocycles. The molecule has 0 fully saturated rings. The smallest absolute Gasteiger partial charge is 0.223 e. The zero-order valence-corrected chi connectivity index (χ0v) is 10.0. The molecule has 18 heavy (non-hydrogen) atoms. The summed E-state index contributed by atoms with van der Waals surface area (Å²) in [7, 11) is 0. The molecule has 1 aliphatic rings. The third kappa shape index (κ3) is 2.09. The molecule has 0 spiro atoms. The highest BCUT2D eigenvalue weighted by Gasteiger charge is 2.25. The van der Waals surface area contributed by atoms with Crippen LogP contribution in [0.3, 0.4) is 0 Å². The molecular weight excluding hydrogens is 230 g/mol. The van der Waals surface area contributed by atoms with Crippen LogP contribution in [0.1, 0.15) is 23.3 Å². The first-order chi connectivity index (χ1) is 8.86. The molecule has 5 heteroatoms. The molecule has 1 atom stereocenters. The third-order valence-corrected chi connectivity index (χ3v) is 3.07. The van der Waals surface area contributed by atoms with Crippen LogP contribution in [0, 0.1) is 0 Å². The van der Waals surface area contributed by atoms with Gasteiger partial charge in [0.1, 0.15) is 12.4 Å². The van der Waals surface area contributed by atoms with Gasteiger partial charge in [0.15, 0.2) is 0 Å². The number of benzene rings is 1. The Labute approximate surface area is 105 Å². The number of aromatic nitrogens is 2. The number of ether oxygens (including phenoxy) is 1. The first kappa shape index (κ1) is 11.2. The van der Waals surface area contributed by atoms with Crippen molar-refractivity contribution in [1.29, 1.82) is 0 Å². The van der Waals surface area contributed by atoms with E-state index in [9.17, 15) is 0 Å². The zero-order chi connectivity index (χ0) is 12.4. The predicted octanol–water partition coefficient (Wildman–Crippen LogP) is 1.29. The summed E-state index contributed by atoms with van der Waals surface area (Å²) in [6.07, 6.45) is 1.50. The number of rotatable bonds is 3. The standard InChI is InChI=1S/C13H15N3O2/c14-6-5-12-15-16-13(18-12)10-7-9-3-1-2-4-11(9)17-8-10/h1-4,10H,5-8,14H2. The van der Waals surface area contributed by atoms with Crippen molar-refractivity contribution in [3.63, 3.8) is 0 Å². The predicted molar refractivity (Wildman–Crippen MR) is 65.4 cm³/mol. The monoisotopic (exact) mass is 245 g/mol. The zero-order valence-electron chi connectivity index (χ0n) is 10.0. The van der Waals surface area contributed by atoms with Crippen LogP contribution in [0.25, 0.3) is 0 Å². The second-order valence-electron chi connectivity index (χ2n) is 4.39. The van der Waals surface area contributed by atoms with E-state index in [1.54, 1.807) is 0 Å². The van der Waals surface area contributed by atoms with Crippen LogP contribution in [-0.4, -0.2) is 23.3 Å². The minimum absolute atomic E-state index is 0.138. The maximum Gasteiger partial charge on any atom is 0.223 e. The second-order valence-corrected chi connectivity index (χ2v) is 4.39. The molecule has 2 N–H and O–H groups in total. The Morgan fingerprint density at radius 2 is 2.17 bits per heavy atom. The van der Waals surface area contributed by atoms with E-state index in [-0.39, 0.29) is 5.92 Å². The van der Waals surface area contributed by atoms with Gasteiger partial charge in [0, 0.05) is 13.0 Å². The Kier molecular flexibility index (Phi) is 2.98. The summed E-state index contributed by atoms with van der Waals surface area (Å²) < 4.78 is 11.3. The molecular formula is C13H15N3O2. The highest BCUT2D eigenvalue weighted by molar-refractivity contribution is 5.36. The van der Waals surface area contributed by atoms with Gasteiger partial charge in [0.25, 0.3) is 0 Å². The van der Waals surface area contributed by atoms with Crippen LogP contribution in [0.2, 0.25) is 0 Å². The molecule has 0 radical (unpaired) electrons. The molecule has 3 rings (SSSR count). The van der Waals surface area contributed by atoms with E-state index in [2.05, 4.69) is 16.3 Å². The summed E-state index contributed by atoms with van der Waals surface area (Å²) in [6, 6.07) is 8.04. The lowest BCUT2D eigenvalue weighted by Crippen LogP contribution is -2.19. The minimum atomic E-state index is 0.138. The van der Waals surface area contributed by atoms with E-state index in [1.165, 1.54) is 5.56 Å². The van der Waals surface area contributed by atoms with Gasteiger partial charge in [-0.25, -0.2) is 0 Å². The van der Waals surface area contributed by atoms with E-state index in [1.807, 2.05) is 18.2 Å². The minimum Gasteiger partial charge on any atom is -0.492 e. The molecule has 2 aromatic rings. The molecule has 2 heterocycles. The van der Waals surface area contributed by atoms with Crippen molar-refractivity contribution in [2.75, 3.05) is 13.2 Å². The van der Waals surface area contributed by atoms with Gasteiger partial charge in [-0.1, -0.05) is 18.2 Å². The van der Waals surface area contributed by atoms with Crippen LogP contribution >= 0.6 is 0 Å². The molecule has 0 aliphatic carbocycles. The fraction of sp³-hybridized carbons (Fsp3) is 0.385. The van der Waals surface area contributed by atoms with Gasteiger partial charge in [-0.3, -0.25) is 0 Å². The molecule has 1 unspecified atom stereocenters. The fourth-order valence-corrected chi connectivity index (χ4v) is 2.14. The Morgan fingerprint density at radius 3 is 3.06 bits per heavy atom. The Balaban J connectivity index is 1.78. The van der Waals surface area contributed by atoms with Crippen LogP contribution in [0.4, 0.5) is 0 Å². The first-order valence-corrected chi connectivity index (χ1v) is 6.10. The van der Waals surface area contributed by atoms with Gasteiger partial charge in [-0.05, 0) is 18.1 Å². The average Bonchev–Trinajstić information content (AvgIpc) is 2.87. The number of fused-ring (bicyclic) bond motifs is 1. The third-order valence-electron chi connectivity index (χ3n) is 3.07. The number of nitrogens with two attached hydrogens (primary N) is 1. The van der Waals surface area contributed by atoms with Gasteiger partial charge in [0.2, 0.25) is 11.8 Å². The van der Waals surface area contributed by atoms with Crippen LogP contribution in [0.15, 0.2) is 28.7 Å². The van der Waals surface area contributed by atoms with Crippen molar-refractivity contribution in [2.45, 2.75) is 18.8 Å². The van der Waals surface area contributed by atoms with Crippen molar-refractivity contribution < 1.29 is 9.15 Å². The Hall–Kier alpha value is -1.88. The van der Waals surface area contributed by atoms with Gasteiger partial charge in [-0.15, -0.1) is 10.2 Å². The van der Waals surface area contributed by atoms with Crippen molar-refractivity contribution in [2.24, 2.45) is 5.73 Å². The molecule has 5 nitrogen and oxygen atoms in total. The summed E-state index contributed by atoms with van der Waals surface area (Å²) in [6.45, 7) is 1.10. The normalized spacial score (nSPS) is 18.2. The number of nitrogens with zero attached hydrogens (tertiary/aromatic N) is 2. The lowest BCUT2D eigenvalue weighted by Gasteiger charge is -2.22. The molecule has 94 valence electrons. The summed E-state index contributed by atoms with van der Waals surface area (Å²) in [4.78, 5) is 0. The molecule has 0 saturated carbocycles. The Bertz CT molecular complexity index is 539. The van der Waals surface area contributed by atoms with E-state index in [0.29, 0.717) is 31.4 Å². The summed E-state index contributed by atoms with van der Waals surface area (Å²) in [5.74, 6) is 2.34. The number of hydrogen-bond donors (Lipinski definition) is 1. The molecule has 0 bridgehead atoms. The van der Waals surface area contributed by atoms with E-state index in [0.717, 1.165) is 12.2 Å². The van der Waals surface area contributed by atoms with Gasteiger partial charge < -0.3 is 14.9 Å². The van der Waals surface area contributed by atoms with E-state index >= 15 is 0 Å². The quantitative estimate of drug-likeness (QED) is 0.882. The number of para-hydroxylation sites is 1. The lowest BCUT2D eigenvalue weighted by atomic mass is 9.97. The lowest BCUT2D eigenvalue weighted by molar-refractivity contribution is 0.239. The van der Waals surface area contributed by atoms with Crippen molar-refractivity contribution in [3.8, 4) is 5.75 Å². The van der Waals surface area contributed by atoms with Gasteiger partial charge in [0.05, 0.1) is 5.92 Å². The van der Waals surface area contributed by atoms with Crippen molar-refractivity contribution >= 4 is 0 Å². The van der Waals surface area contributed by atoms with Gasteiger partial charge in [-0.2, -0.15) is 0 Å². The van der Waals surface area contributed by atoms with Crippen molar-refractivity contribution in [3.05, 3.63) is 41.6 Å². The number of hydrogen-bond acceptors (Lipinski definition) is 5. The second kappa shape index (κ2) is 4.78. The SMILES string of the molecule is NCCc1nnc(C2COc3ccccc3C2)o1. The largest absolute Gasteiger partial charge is 0.492 e. The molecule has 1 aromatic carbocycles. The van der Waals surface area contributed by atoms with Crippen LogP contribution < -0.4 is 10.5 Å². The van der Waals surface area contributed by atoms with Gasteiger partial charge >= 0.3 is 0 Å². The van der Waals surface area contributed by atoms with Crippen LogP contribution in [-0.2, 0) is 12.8 Å². The summed E-state index contributed by atoms with van der Waals surface area (Å²) >= 11 is 0.